The minimum Gasteiger partial charge on any atom is -0.337 e. The number of nitrogens with one attached hydrogen (secondary N) is 2. The molecule has 0 radical (unpaired) electrons. The highest BCUT2D eigenvalue weighted by atomic mass is 32.2. The minimum atomic E-state index is -3.16. The lowest BCUT2D eigenvalue weighted by molar-refractivity contribution is 0.176. The number of urea groups is 1. The van der Waals surface area contributed by atoms with Gasteiger partial charge in [-0.25, -0.2) is 17.9 Å². The molecule has 19 heavy (non-hydrogen) atoms. The van der Waals surface area contributed by atoms with E-state index in [0.29, 0.717) is 32.5 Å². The third-order valence-corrected chi connectivity index (χ3v) is 3.69. The van der Waals surface area contributed by atoms with Gasteiger partial charge < -0.3 is 10.2 Å². The molecule has 1 fully saturated rings. The summed E-state index contributed by atoms with van der Waals surface area (Å²) in [6.45, 7) is 8.00. The van der Waals surface area contributed by atoms with Gasteiger partial charge in [-0.2, -0.15) is 0 Å². The molecule has 1 heterocycles. The second-order valence-corrected chi connectivity index (χ2v) is 8.15. The second kappa shape index (κ2) is 6.09. The van der Waals surface area contributed by atoms with Gasteiger partial charge in [-0.05, 0) is 18.3 Å². The number of hydrogen-bond acceptors (Lipinski definition) is 3. The molecule has 0 aliphatic carbocycles. The molecule has 1 aliphatic heterocycles. The van der Waals surface area contributed by atoms with Crippen molar-refractivity contribution in [3.05, 3.63) is 0 Å². The summed E-state index contributed by atoms with van der Waals surface area (Å²) >= 11 is 0. The molecular formula is C12H25N3O3S. The molecule has 2 amide bonds. The summed E-state index contributed by atoms with van der Waals surface area (Å²) < 4.78 is 24.8. The highest BCUT2D eigenvalue weighted by molar-refractivity contribution is 7.88. The van der Waals surface area contributed by atoms with Gasteiger partial charge in [0.25, 0.3) is 0 Å². The summed E-state index contributed by atoms with van der Waals surface area (Å²) in [4.78, 5) is 13.7. The van der Waals surface area contributed by atoms with Crippen LogP contribution in [0.1, 0.15) is 33.6 Å². The van der Waals surface area contributed by atoms with Crippen LogP contribution in [0.25, 0.3) is 0 Å². The average Bonchev–Trinajstić information content (AvgIpc) is 2.23. The molecule has 2 N–H and O–H groups in total. The number of rotatable bonds is 3. The van der Waals surface area contributed by atoms with Gasteiger partial charge in [-0.3, -0.25) is 0 Å². The Bertz CT molecular complexity index is 406. The van der Waals surface area contributed by atoms with Gasteiger partial charge in [-0.1, -0.05) is 20.8 Å². The molecule has 0 spiro atoms. The average molecular weight is 291 g/mol. The van der Waals surface area contributed by atoms with Gasteiger partial charge in [0.1, 0.15) is 0 Å². The van der Waals surface area contributed by atoms with E-state index in [1.54, 1.807) is 4.90 Å². The fourth-order valence-electron chi connectivity index (χ4n) is 1.96. The Labute approximate surface area is 116 Å². The molecule has 112 valence electrons. The standard InChI is InChI=1S/C12H25N3O3S/c1-12(2,3)9-13-11(16)15-7-5-10(6-8-15)14-19(4,17)18/h10,14H,5-9H2,1-4H3,(H,13,16). The number of amides is 2. The molecular weight excluding hydrogens is 266 g/mol. The maximum atomic E-state index is 11.9. The second-order valence-electron chi connectivity index (χ2n) is 6.37. The first-order valence-electron chi connectivity index (χ1n) is 6.57. The van der Waals surface area contributed by atoms with Crippen molar-refractivity contribution in [2.45, 2.75) is 39.7 Å². The number of carbonyl (C=O) groups is 1. The molecule has 0 aromatic carbocycles. The van der Waals surface area contributed by atoms with Crippen molar-refractivity contribution >= 4 is 16.1 Å². The zero-order valence-electron chi connectivity index (χ0n) is 12.2. The van der Waals surface area contributed by atoms with E-state index in [1.807, 2.05) is 0 Å². The van der Waals surface area contributed by atoms with Gasteiger partial charge in [0.2, 0.25) is 10.0 Å². The van der Waals surface area contributed by atoms with Crippen LogP contribution in [0.3, 0.4) is 0 Å². The molecule has 1 aliphatic rings. The van der Waals surface area contributed by atoms with Crippen LogP contribution in [0.15, 0.2) is 0 Å². The van der Waals surface area contributed by atoms with Crippen molar-refractivity contribution < 1.29 is 13.2 Å². The van der Waals surface area contributed by atoms with Crippen LogP contribution >= 0.6 is 0 Å². The molecule has 0 aromatic heterocycles. The SMILES string of the molecule is CC(C)(C)CNC(=O)N1CCC(NS(C)(=O)=O)CC1. The number of piperidine rings is 1. The van der Waals surface area contributed by atoms with Crippen molar-refractivity contribution in [1.29, 1.82) is 0 Å². The molecule has 1 rings (SSSR count). The van der Waals surface area contributed by atoms with E-state index < -0.39 is 10.0 Å². The third kappa shape index (κ3) is 6.77. The van der Waals surface area contributed by atoms with Crippen LogP contribution in [0.4, 0.5) is 4.79 Å². The fraction of sp³-hybridized carbons (Fsp3) is 0.917. The fourth-order valence-corrected chi connectivity index (χ4v) is 2.80. The Balaban J connectivity index is 2.35. The third-order valence-electron chi connectivity index (χ3n) is 2.93. The lowest BCUT2D eigenvalue weighted by Crippen LogP contribution is -2.50. The minimum absolute atomic E-state index is 0.0540. The normalized spacial score (nSPS) is 18.4. The molecule has 0 bridgehead atoms. The van der Waals surface area contributed by atoms with Gasteiger partial charge >= 0.3 is 6.03 Å². The van der Waals surface area contributed by atoms with Crippen molar-refractivity contribution in [3.8, 4) is 0 Å². The summed E-state index contributed by atoms with van der Waals surface area (Å²) in [6, 6.07) is -0.116. The molecule has 0 aromatic rings. The summed E-state index contributed by atoms with van der Waals surface area (Å²) in [5.41, 5.74) is 0.0613. The maximum Gasteiger partial charge on any atom is 0.317 e. The first-order valence-corrected chi connectivity index (χ1v) is 8.46. The molecule has 1 saturated heterocycles. The van der Waals surface area contributed by atoms with Crippen molar-refractivity contribution in [2.24, 2.45) is 5.41 Å². The van der Waals surface area contributed by atoms with Crippen LogP contribution < -0.4 is 10.0 Å². The summed E-state index contributed by atoms with van der Waals surface area (Å²) in [5, 5.41) is 2.90. The lowest BCUT2D eigenvalue weighted by Gasteiger charge is -2.32. The van der Waals surface area contributed by atoms with Crippen LogP contribution in [0.2, 0.25) is 0 Å². The van der Waals surface area contributed by atoms with Gasteiger partial charge in [-0.15, -0.1) is 0 Å². The van der Waals surface area contributed by atoms with E-state index in [-0.39, 0.29) is 17.5 Å². The number of likely N-dealkylation sites (tertiary alicyclic amines) is 1. The Morgan fingerprint density at radius 2 is 1.79 bits per heavy atom. The predicted octanol–water partition coefficient (Wildman–Crippen LogP) is 0.756. The first kappa shape index (κ1) is 16.2. The zero-order valence-corrected chi connectivity index (χ0v) is 13.0. The topological polar surface area (TPSA) is 78.5 Å². The zero-order chi connectivity index (χ0) is 14.7. The van der Waals surface area contributed by atoms with Crippen LogP contribution in [0, 0.1) is 5.41 Å². The molecule has 7 heteroatoms. The molecule has 0 unspecified atom stereocenters. The van der Waals surface area contributed by atoms with Crippen molar-refractivity contribution in [1.82, 2.24) is 14.9 Å². The summed E-state index contributed by atoms with van der Waals surface area (Å²) in [5.74, 6) is 0. The van der Waals surface area contributed by atoms with Gasteiger partial charge in [0.05, 0.1) is 6.26 Å². The van der Waals surface area contributed by atoms with Crippen LogP contribution in [-0.4, -0.2) is 51.3 Å². The van der Waals surface area contributed by atoms with E-state index in [2.05, 4.69) is 30.8 Å². The first-order chi connectivity index (χ1) is 8.57. The highest BCUT2D eigenvalue weighted by Gasteiger charge is 2.25. The lowest BCUT2D eigenvalue weighted by atomic mass is 9.97. The number of nitrogens with zero attached hydrogens (tertiary/aromatic N) is 1. The van der Waals surface area contributed by atoms with Crippen molar-refractivity contribution in [2.75, 3.05) is 25.9 Å². The quantitative estimate of drug-likeness (QED) is 0.805. The Morgan fingerprint density at radius 1 is 1.26 bits per heavy atom. The Kier molecular flexibility index (Phi) is 5.20. The largest absolute Gasteiger partial charge is 0.337 e. The van der Waals surface area contributed by atoms with E-state index in [4.69, 9.17) is 0 Å². The van der Waals surface area contributed by atoms with Crippen LogP contribution in [-0.2, 0) is 10.0 Å². The van der Waals surface area contributed by atoms with Gasteiger partial charge in [0.15, 0.2) is 0 Å². The number of sulfonamides is 1. The van der Waals surface area contributed by atoms with Crippen LogP contribution in [0.5, 0.6) is 0 Å². The monoisotopic (exact) mass is 291 g/mol. The predicted molar refractivity (Wildman–Crippen MR) is 75.4 cm³/mol. The van der Waals surface area contributed by atoms with E-state index in [1.165, 1.54) is 0 Å². The Morgan fingerprint density at radius 3 is 2.21 bits per heavy atom. The maximum absolute atomic E-state index is 11.9. The Hall–Kier alpha value is -0.820. The number of hydrogen-bond donors (Lipinski definition) is 2. The summed E-state index contributed by atoms with van der Waals surface area (Å²) in [7, 11) is -3.16. The van der Waals surface area contributed by atoms with Gasteiger partial charge in [0, 0.05) is 25.7 Å². The van der Waals surface area contributed by atoms with E-state index >= 15 is 0 Å². The molecule has 0 atom stereocenters. The molecule has 0 saturated carbocycles. The van der Waals surface area contributed by atoms with E-state index in [9.17, 15) is 13.2 Å². The smallest absolute Gasteiger partial charge is 0.317 e. The van der Waals surface area contributed by atoms with E-state index in [0.717, 1.165) is 6.26 Å². The van der Waals surface area contributed by atoms with Crippen molar-refractivity contribution in [3.63, 3.8) is 0 Å². The number of carbonyl (C=O) groups excluding carboxylic acids is 1. The molecule has 6 nitrogen and oxygen atoms in total. The highest BCUT2D eigenvalue weighted by Crippen LogP contribution is 2.13. The summed E-state index contributed by atoms with van der Waals surface area (Å²) in [6.07, 6.45) is 2.49.